The van der Waals surface area contributed by atoms with Gasteiger partial charge in [0.15, 0.2) is 0 Å². The summed E-state index contributed by atoms with van der Waals surface area (Å²) in [7, 11) is 0. The highest BCUT2D eigenvalue weighted by molar-refractivity contribution is 5.69. The van der Waals surface area contributed by atoms with Crippen molar-refractivity contribution < 1.29 is 8.78 Å². The Kier molecular flexibility index (Phi) is 3.24. The lowest BCUT2D eigenvalue weighted by atomic mass is 10.1. The zero-order valence-corrected chi connectivity index (χ0v) is 9.67. The maximum atomic E-state index is 13.6. The van der Waals surface area contributed by atoms with E-state index < -0.39 is 11.6 Å². The van der Waals surface area contributed by atoms with Crippen LogP contribution in [0.1, 0.15) is 11.1 Å². The third-order valence-electron chi connectivity index (χ3n) is 2.61. The molecule has 0 spiro atoms. The van der Waals surface area contributed by atoms with E-state index in [2.05, 4.69) is 5.32 Å². The number of nitrogens with zero attached hydrogens (tertiary/aromatic N) is 1. The van der Waals surface area contributed by atoms with Crippen LogP contribution in [-0.2, 0) is 0 Å². The standard InChI is InChI=1S/C14H10F2N2/c1-9-4-2-6-12(16)14(9)18-13-7-3-5-11(15)10(13)8-17/h2-7,18H,1H3. The average Bonchev–Trinajstić information content (AvgIpc) is 2.34. The van der Waals surface area contributed by atoms with E-state index in [1.807, 2.05) is 0 Å². The van der Waals surface area contributed by atoms with Crippen molar-refractivity contribution in [1.29, 1.82) is 5.26 Å². The second kappa shape index (κ2) is 4.84. The molecule has 0 saturated heterocycles. The monoisotopic (exact) mass is 244 g/mol. The summed E-state index contributed by atoms with van der Waals surface area (Å²) in [6.45, 7) is 1.73. The number of hydrogen-bond acceptors (Lipinski definition) is 2. The fourth-order valence-corrected chi connectivity index (χ4v) is 1.67. The molecule has 0 unspecified atom stereocenters. The minimum Gasteiger partial charge on any atom is -0.352 e. The summed E-state index contributed by atoms with van der Waals surface area (Å²) < 4.78 is 27.0. The molecule has 0 aliphatic carbocycles. The van der Waals surface area contributed by atoms with Gasteiger partial charge in [-0.1, -0.05) is 18.2 Å². The molecule has 0 atom stereocenters. The molecular formula is C14H10F2N2. The molecule has 2 aromatic rings. The molecule has 4 heteroatoms. The second-order valence-corrected chi connectivity index (χ2v) is 3.83. The maximum Gasteiger partial charge on any atom is 0.146 e. The van der Waals surface area contributed by atoms with Crippen molar-refractivity contribution >= 4 is 11.4 Å². The van der Waals surface area contributed by atoms with Gasteiger partial charge in [-0.05, 0) is 30.7 Å². The average molecular weight is 244 g/mol. The van der Waals surface area contributed by atoms with Crippen molar-refractivity contribution in [2.75, 3.05) is 5.32 Å². The zero-order valence-electron chi connectivity index (χ0n) is 9.67. The van der Waals surface area contributed by atoms with E-state index in [0.717, 1.165) is 0 Å². The van der Waals surface area contributed by atoms with Gasteiger partial charge in [-0.2, -0.15) is 5.26 Å². The first kappa shape index (κ1) is 12.1. The molecule has 90 valence electrons. The van der Waals surface area contributed by atoms with Gasteiger partial charge in [-0.3, -0.25) is 0 Å². The summed E-state index contributed by atoms with van der Waals surface area (Å²) >= 11 is 0. The maximum absolute atomic E-state index is 13.6. The lowest BCUT2D eigenvalue weighted by Gasteiger charge is -2.11. The van der Waals surface area contributed by atoms with Crippen molar-refractivity contribution in [1.82, 2.24) is 0 Å². The largest absolute Gasteiger partial charge is 0.352 e. The molecular weight excluding hydrogens is 234 g/mol. The molecule has 2 nitrogen and oxygen atoms in total. The van der Waals surface area contributed by atoms with Gasteiger partial charge < -0.3 is 5.32 Å². The van der Waals surface area contributed by atoms with Crippen LogP contribution in [-0.4, -0.2) is 0 Å². The Morgan fingerprint density at radius 2 is 1.72 bits per heavy atom. The highest BCUT2D eigenvalue weighted by atomic mass is 19.1. The van der Waals surface area contributed by atoms with E-state index in [1.165, 1.54) is 24.3 Å². The number of anilines is 2. The highest BCUT2D eigenvalue weighted by Crippen LogP contribution is 2.26. The van der Waals surface area contributed by atoms with Crippen LogP contribution in [0, 0.1) is 29.9 Å². The number of nitrogens with one attached hydrogen (secondary N) is 1. The van der Waals surface area contributed by atoms with Gasteiger partial charge >= 0.3 is 0 Å². The number of aryl methyl sites for hydroxylation is 1. The SMILES string of the molecule is Cc1cccc(F)c1Nc1cccc(F)c1C#N. The third-order valence-corrected chi connectivity index (χ3v) is 2.61. The van der Waals surface area contributed by atoms with Gasteiger partial charge in [0.2, 0.25) is 0 Å². The van der Waals surface area contributed by atoms with Crippen LogP contribution in [0.2, 0.25) is 0 Å². The van der Waals surface area contributed by atoms with Crippen LogP contribution in [0.15, 0.2) is 36.4 Å². The van der Waals surface area contributed by atoms with E-state index in [1.54, 1.807) is 25.1 Å². The van der Waals surface area contributed by atoms with Crippen molar-refractivity contribution in [2.24, 2.45) is 0 Å². The number of hydrogen-bond donors (Lipinski definition) is 1. The van der Waals surface area contributed by atoms with Crippen LogP contribution < -0.4 is 5.32 Å². The smallest absolute Gasteiger partial charge is 0.146 e. The van der Waals surface area contributed by atoms with Gasteiger partial charge in [0.1, 0.15) is 23.3 Å². The molecule has 0 heterocycles. The number of benzene rings is 2. The Hall–Kier alpha value is -2.41. The van der Waals surface area contributed by atoms with Gasteiger partial charge in [-0.25, -0.2) is 8.78 Å². The Morgan fingerprint density at radius 3 is 2.39 bits per heavy atom. The molecule has 1 N–H and O–H groups in total. The Balaban J connectivity index is 2.48. The third kappa shape index (κ3) is 2.16. The van der Waals surface area contributed by atoms with Crippen molar-refractivity contribution in [2.45, 2.75) is 6.92 Å². The fraction of sp³-hybridized carbons (Fsp3) is 0.0714. The van der Waals surface area contributed by atoms with E-state index in [0.29, 0.717) is 5.56 Å². The lowest BCUT2D eigenvalue weighted by Crippen LogP contribution is -2.00. The first-order chi connectivity index (χ1) is 8.63. The molecule has 0 aromatic heterocycles. The minimum atomic E-state index is -0.628. The summed E-state index contributed by atoms with van der Waals surface area (Å²) in [5.74, 6) is -1.07. The van der Waals surface area contributed by atoms with Gasteiger partial charge in [-0.15, -0.1) is 0 Å². The van der Waals surface area contributed by atoms with E-state index in [-0.39, 0.29) is 16.9 Å². The van der Waals surface area contributed by atoms with Crippen LogP contribution in [0.25, 0.3) is 0 Å². The first-order valence-corrected chi connectivity index (χ1v) is 5.34. The van der Waals surface area contributed by atoms with E-state index in [4.69, 9.17) is 5.26 Å². The summed E-state index contributed by atoms with van der Waals surface area (Å²) in [6, 6.07) is 10.6. The Labute approximate surface area is 103 Å². The summed E-state index contributed by atoms with van der Waals surface area (Å²) in [5.41, 5.74) is 1.06. The van der Waals surface area contributed by atoms with Crippen LogP contribution in [0.3, 0.4) is 0 Å². The predicted molar refractivity (Wildman–Crippen MR) is 65.5 cm³/mol. The Morgan fingerprint density at radius 1 is 1.06 bits per heavy atom. The molecule has 0 bridgehead atoms. The van der Waals surface area contributed by atoms with Crippen LogP contribution >= 0.6 is 0 Å². The molecule has 0 radical (unpaired) electrons. The summed E-state index contributed by atoms with van der Waals surface area (Å²) in [4.78, 5) is 0. The molecule has 2 rings (SSSR count). The van der Waals surface area contributed by atoms with Crippen molar-refractivity contribution in [3.05, 3.63) is 59.2 Å². The molecule has 0 fully saturated rings. The minimum absolute atomic E-state index is 0.125. The molecule has 0 aliphatic rings. The van der Waals surface area contributed by atoms with Crippen LogP contribution in [0.5, 0.6) is 0 Å². The quantitative estimate of drug-likeness (QED) is 0.869. The van der Waals surface area contributed by atoms with Gasteiger partial charge in [0.25, 0.3) is 0 Å². The lowest BCUT2D eigenvalue weighted by molar-refractivity contribution is 0.623. The zero-order chi connectivity index (χ0) is 13.1. The first-order valence-electron chi connectivity index (χ1n) is 5.34. The van der Waals surface area contributed by atoms with Gasteiger partial charge in [0.05, 0.1) is 11.4 Å². The van der Waals surface area contributed by atoms with Crippen LogP contribution in [0.4, 0.5) is 20.2 Å². The van der Waals surface area contributed by atoms with Crippen molar-refractivity contribution in [3.8, 4) is 6.07 Å². The summed E-state index contributed by atoms with van der Waals surface area (Å²) in [6.07, 6.45) is 0. The van der Waals surface area contributed by atoms with E-state index in [9.17, 15) is 8.78 Å². The second-order valence-electron chi connectivity index (χ2n) is 3.83. The predicted octanol–water partition coefficient (Wildman–Crippen LogP) is 3.89. The molecule has 18 heavy (non-hydrogen) atoms. The number of halogens is 2. The number of nitriles is 1. The van der Waals surface area contributed by atoms with E-state index >= 15 is 0 Å². The molecule has 2 aromatic carbocycles. The normalized spacial score (nSPS) is 9.89. The fourth-order valence-electron chi connectivity index (χ4n) is 1.67. The highest BCUT2D eigenvalue weighted by Gasteiger charge is 2.11. The Bertz CT molecular complexity index is 610. The molecule has 0 saturated carbocycles. The number of rotatable bonds is 2. The summed E-state index contributed by atoms with van der Waals surface area (Å²) in [5, 5.41) is 11.7. The molecule has 0 aliphatic heterocycles. The topological polar surface area (TPSA) is 35.8 Å². The molecule has 0 amide bonds. The van der Waals surface area contributed by atoms with Gasteiger partial charge in [0, 0.05) is 0 Å². The van der Waals surface area contributed by atoms with Crippen molar-refractivity contribution in [3.63, 3.8) is 0 Å². The number of para-hydroxylation sites is 1.